The Hall–Kier alpha value is -3.10. The summed E-state index contributed by atoms with van der Waals surface area (Å²) < 4.78 is 10.4. The van der Waals surface area contributed by atoms with Gasteiger partial charge in [0.1, 0.15) is 17.8 Å². The maximum atomic E-state index is 11.2. The second kappa shape index (κ2) is 6.57. The van der Waals surface area contributed by atoms with Gasteiger partial charge in [0.2, 0.25) is 11.6 Å². The van der Waals surface area contributed by atoms with Gasteiger partial charge in [-0.2, -0.15) is 0 Å². The molecule has 116 valence electrons. The summed E-state index contributed by atoms with van der Waals surface area (Å²) in [5.41, 5.74) is 0.273. The Kier molecular flexibility index (Phi) is 4.57. The number of benzene rings is 1. The molecular weight excluding hydrogens is 290 g/mol. The smallest absolute Gasteiger partial charge is 0.353 e. The van der Waals surface area contributed by atoms with E-state index in [9.17, 15) is 10.1 Å². The molecule has 0 saturated heterocycles. The second-order valence-electron chi connectivity index (χ2n) is 4.12. The van der Waals surface area contributed by atoms with Gasteiger partial charge in [-0.05, 0) is 12.1 Å². The van der Waals surface area contributed by atoms with Gasteiger partial charge in [0.15, 0.2) is 0 Å². The fraction of sp³-hybridized carbons (Fsp3) is 0.231. The number of nitro groups is 1. The lowest BCUT2D eigenvalue weighted by atomic mass is 10.2. The van der Waals surface area contributed by atoms with E-state index < -0.39 is 4.92 Å². The number of rotatable bonds is 6. The Morgan fingerprint density at radius 3 is 2.50 bits per heavy atom. The van der Waals surface area contributed by atoms with E-state index in [4.69, 9.17) is 9.47 Å². The van der Waals surface area contributed by atoms with Crippen LogP contribution in [0.1, 0.15) is 0 Å². The molecule has 1 heterocycles. The maximum Gasteiger partial charge on any atom is 0.353 e. The number of aromatic nitrogens is 2. The van der Waals surface area contributed by atoms with Crippen LogP contribution in [0, 0.1) is 10.1 Å². The van der Waals surface area contributed by atoms with Crippen LogP contribution in [-0.2, 0) is 0 Å². The van der Waals surface area contributed by atoms with E-state index in [1.807, 2.05) is 0 Å². The molecule has 2 N–H and O–H groups in total. The lowest BCUT2D eigenvalue weighted by Gasteiger charge is -2.12. The molecule has 0 radical (unpaired) electrons. The van der Waals surface area contributed by atoms with Gasteiger partial charge in [0.05, 0.1) is 24.8 Å². The first-order valence-electron chi connectivity index (χ1n) is 6.27. The van der Waals surface area contributed by atoms with Crippen LogP contribution in [0.3, 0.4) is 0 Å². The summed E-state index contributed by atoms with van der Waals surface area (Å²) in [7, 11) is 4.58. The largest absolute Gasteiger partial charge is 0.497 e. The van der Waals surface area contributed by atoms with Gasteiger partial charge in [-0.25, -0.2) is 9.97 Å². The molecule has 0 aliphatic heterocycles. The molecule has 2 aromatic rings. The van der Waals surface area contributed by atoms with Crippen molar-refractivity contribution < 1.29 is 14.4 Å². The van der Waals surface area contributed by atoms with Crippen LogP contribution < -0.4 is 20.1 Å². The van der Waals surface area contributed by atoms with Crippen molar-refractivity contribution in [1.29, 1.82) is 0 Å². The Bertz CT molecular complexity index is 692. The summed E-state index contributed by atoms with van der Waals surface area (Å²) >= 11 is 0. The van der Waals surface area contributed by atoms with Crippen LogP contribution in [0.2, 0.25) is 0 Å². The first kappa shape index (κ1) is 15.3. The van der Waals surface area contributed by atoms with Crippen molar-refractivity contribution in [3.8, 4) is 11.5 Å². The average molecular weight is 305 g/mol. The standard InChI is InChI=1S/C13H15N5O4/c1-14-12-11(18(19)20)13(16-7-15-12)17-9-5-4-8(21-2)6-10(9)22-3/h4-7H,1-3H3,(H2,14,15,16,17). The quantitative estimate of drug-likeness (QED) is 0.617. The topological polar surface area (TPSA) is 111 Å². The van der Waals surface area contributed by atoms with Crippen molar-refractivity contribution in [2.75, 3.05) is 31.9 Å². The fourth-order valence-electron chi connectivity index (χ4n) is 1.86. The highest BCUT2D eigenvalue weighted by Crippen LogP contribution is 2.35. The molecule has 1 aromatic heterocycles. The number of hydrogen-bond acceptors (Lipinski definition) is 8. The molecule has 0 atom stereocenters. The van der Waals surface area contributed by atoms with Gasteiger partial charge in [0, 0.05) is 13.1 Å². The predicted molar refractivity (Wildman–Crippen MR) is 81.1 cm³/mol. The van der Waals surface area contributed by atoms with Crippen LogP contribution in [0.15, 0.2) is 24.5 Å². The third-order valence-electron chi connectivity index (χ3n) is 2.90. The molecule has 0 saturated carbocycles. The fourth-order valence-corrected chi connectivity index (χ4v) is 1.86. The molecule has 0 fully saturated rings. The third kappa shape index (κ3) is 2.97. The van der Waals surface area contributed by atoms with Gasteiger partial charge < -0.3 is 20.1 Å². The number of ether oxygens (including phenoxy) is 2. The van der Waals surface area contributed by atoms with Crippen LogP contribution >= 0.6 is 0 Å². The van der Waals surface area contributed by atoms with E-state index in [2.05, 4.69) is 20.6 Å². The third-order valence-corrected chi connectivity index (χ3v) is 2.90. The highest BCUT2D eigenvalue weighted by Gasteiger charge is 2.23. The van der Waals surface area contributed by atoms with E-state index in [-0.39, 0.29) is 17.3 Å². The molecule has 9 heteroatoms. The summed E-state index contributed by atoms with van der Waals surface area (Å²) in [4.78, 5) is 18.5. The van der Waals surface area contributed by atoms with Gasteiger partial charge in [0.25, 0.3) is 0 Å². The van der Waals surface area contributed by atoms with E-state index >= 15 is 0 Å². The molecule has 0 unspecified atom stereocenters. The molecular formula is C13H15N5O4. The zero-order valence-corrected chi connectivity index (χ0v) is 12.3. The summed E-state index contributed by atoms with van der Waals surface area (Å²) in [5, 5.41) is 16.8. The number of nitrogens with zero attached hydrogens (tertiary/aromatic N) is 3. The molecule has 9 nitrogen and oxygen atoms in total. The zero-order valence-electron chi connectivity index (χ0n) is 12.3. The molecule has 0 bridgehead atoms. The zero-order chi connectivity index (χ0) is 16.1. The highest BCUT2D eigenvalue weighted by molar-refractivity contribution is 5.76. The first-order chi connectivity index (χ1) is 10.6. The number of anilines is 3. The highest BCUT2D eigenvalue weighted by atomic mass is 16.6. The van der Waals surface area contributed by atoms with E-state index in [1.54, 1.807) is 25.2 Å². The summed E-state index contributed by atoms with van der Waals surface area (Å²) in [6.07, 6.45) is 1.23. The molecule has 0 amide bonds. The maximum absolute atomic E-state index is 11.2. The van der Waals surface area contributed by atoms with Crippen molar-refractivity contribution in [2.24, 2.45) is 0 Å². The van der Waals surface area contributed by atoms with E-state index in [0.29, 0.717) is 17.2 Å². The normalized spacial score (nSPS) is 9.95. The molecule has 0 aliphatic carbocycles. The minimum absolute atomic E-state index is 0.0628. The Labute approximate surface area is 126 Å². The predicted octanol–water partition coefficient (Wildman–Crippen LogP) is 2.19. The van der Waals surface area contributed by atoms with E-state index in [1.165, 1.54) is 20.5 Å². The lowest BCUT2D eigenvalue weighted by molar-refractivity contribution is -0.383. The van der Waals surface area contributed by atoms with E-state index in [0.717, 1.165) is 0 Å². The number of methoxy groups -OCH3 is 2. The van der Waals surface area contributed by atoms with Crippen molar-refractivity contribution in [2.45, 2.75) is 0 Å². The Morgan fingerprint density at radius 1 is 1.18 bits per heavy atom. The minimum atomic E-state index is -0.551. The molecule has 0 spiro atoms. The number of nitrogens with one attached hydrogen (secondary N) is 2. The summed E-state index contributed by atoms with van der Waals surface area (Å²) in [6, 6.07) is 5.05. The lowest BCUT2D eigenvalue weighted by Crippen LogP contribution is -2.06. The molecule has 1 aromatic carbocycles. The molecule has 22 heavy (non-hydrogen) atoms. The van der Waals surface area contributed by atoms with Gasteiger partial charge in [-0.3, -0.25) is 10.1 Å². The summed E-state index contributed by atoms with van der Waals surface area (Å²) in [6.45, 7) is 0. The Balaban J connectivity index is 2.45. The molecule has 0 aliphatic rings. The van der Waals surface area contributed by atoms with Gasteiger partial charge in [-0.1, -0.05) is 0 Å². The van der Waals surface area contributed by atoms with Crippen molar-refractivity contribution in [1.82, 2.24) is 9.97 Å². The number of hydrogen-bond donors (Lipinski definition) is 2. The minimum Gasteiger partial charge on any atom is -0.497 e. The monoisotopic (exact) mass is 305 g/mol. The van der Waals surface area contributed by atoms with Gasteiger partial charge in [-0.15, -0.1) is 0 Å². The average Bonchev–Trinajstić information content (AvgIpc) is 2.54. The van der Waals surface area contributed by atoms with Crippen molar-refractivity contribution in [3.63, 3.8) is 0 Å². The Morgan fingerprint density at radius 2 is 1.91 bits per heavy atom. The van der Waals surface area contributed by atoms with Crippen molar-refractivity contribution in [3.05, 3.63) is 34.6 Å². The van der Waals surface area contributed by atoms with Crippen LogP contribution in [-0.4, -0.2) is 36.2 Å². The second-order valence-corrected chi connectivity index (χ2v) is 4.12. The summed E-state index contributed by atoms with van der Waals surface area (Å²) in [5.74, 6) is 1.26. The van der Waals surface area contributed by atoms with Crippen LogP contribution in [0.4, 0.5) is 23.0 Å². The van der Waals surface area contributed by atoms with Crippen LogP contribution in [0.5, 0.6) is 11.5 Å². The molecule has 2 rings (SSSR count). The first-order valence-corrected chi connectivity index (χ1v) is 6.27. The van der Waals surface area contributed by atoms with Crippen LogP contribution in [0.25, 0.3) is 0 Å². The SMILES string of the molecule is CNc1ncnc(Nc2ccc(OC)cc2OC)c1[N+](=O)[O-]. The van der Waals surface area contributed by atoms with Crippen molar-refractivity contribution >= 4 is 23.0 Å². The van der Waals surface area contributed by atoms with Gasteiger partial charge >= 0.3 is 5.69 Å².